The lowest BCUT2D eigenvalue weighted by Crippen LogP contribution is -2.33. The summed E-state index contributed by atoms with van der Waals surface area (Å²) in [5.41, 5.74) is 2.84. The number of hydrogen-bond donors (Lipinski definition) is 2. The van der Waals surface area contributed by atoms with E-state index in [1.165, 1.54) is 0 Å². The van der Waals surface area contributed by atoms with Crippen molar-refractivity contribution in [3.63, 3.8) is 0 Å². The zero-order chi connectivity index (χ0) is 15.0. The SMILES string of the molecule is Cc1n[nH]c(C)c1CC(=O)NC(c1nccn1C)C1CC1. The van der Waals surface area contributed by atoms with Crippen molar-refractivity contribution in [2.75, 3.05) is 0 Å². The number of H-pyrrole nitrogens is 1. The van der Waals surface area contributed by atoms with Gasteiger partial charge in [-0.1, -0.05) is 0 Å². The zero-order valence-corrected chi connectivity index (χ0v) is 12.7. The second-order valence-electron chi connectivity index (χ2n) is 5.87. The molecule has 1 aliphatic rings. The van der Waals surface area contributed by atoms with Crippen molar-refractivity contribution in [1.82, 2.24) is 25.1 Å². The van der Waals surface area contributed by atoms with Crippen LogP contribution >= 0.6 is 0 Å². The van der Waals surface area contributed by atoms with Gasteiger partial charge in [-0.25, -0.2) is 4.98 Å². The Morgan fingerprint density at radius 3 is 2.81 bits per heavy atom. The standard InChI is InChI=1S/C15H21N5O/c1-9-12(10(2)19-18-9)8-13(21)17-14(11-4-5-11)15-16-6-7-20(15)3/h6-7,11,14H,4-5,8H2,1-3H3,(H,17,21)(H,18,19). The molecule has 112 valence electrons. The van der Waals surface area contributed by atoms with Gasteiger partial charge in [0.25, 0.3) is 0 Å². The van der Waals surface area contributed by atoms with E-state index in [9.17, 15) is 4.79 Å². The lowest BCUT2D eigenvalue weighted by Gasteiger charge is -2.18. The van der Waals surface area contributed by atoms with Gasteiger partial charge in [0, 0.05) is 30.7 Å². The number of hydrogen-bond acceptors (Lipinski definition) is 3. The van der Waals surface area contributed by atoms with E-state index in [4.69, 9.17) is 0 Å². The number of aromatic amines is 1. The molecule has 0 aromatic carbocycles. The van der Waals surface area contributed by atoms with E-state index < -0.39 is 0 Å². The number of amides is 1. The van der Waals surface area contributed by atoms with E-state index in [1.54, 1.807) is 6.20 Å². The molecule has 0 saturated heterocycles. The van der Waals surface area contributed by atoms with Gasteiger partial charge in [-0.2, -0.15) is 5.10 Å². The quantitative estimate of drug-likeness (QED) is 0.876. The Hall–Kier alpha value is -2.11. The summed E-state index contributed by atoms with van der Waals surface area (Å²) in [4.78, 5) is 16.8. The molecule has 1 aliphatic carbocycles. The summed E-state index contributed by atoms with van der Waals surface area (Å²) in [5, 5.41) is 10.2. The molecular weight excluding hydrogens is 266 g/mol. The van der Waals surface area contributed by atoms with E-state index in [1.807, 2.05) is 31.7 Å². The summed E-state index contributed by atoms with van der Waals surface area (Å²) >= 11 is 0. The maximum Gasteiger partial charge on any atom is 0.225 e. The van der Waals surface area contributed by atoms with Gasteiger partial charge in [-0.15, -0.1) is 0 Å². The molecule has 1 fully saturated rings. The van der Waals surface area contributed by atoms with Crippen molar-refractivity contribution >= 4 is 5.91 Å². The number of nitrogens with one attached hydrogen (secondary N) is 2. The molecule has 1 saturated carbocycles. The zero-order valence-electron chi connectivity index (χ0n) is 12.7. The molecule has 0 radical (unpaired) electrons. The summed E-state index contributed by atoms with van der Waals surface area (Å²) in [6.45, 7) is 3.86. The molecule has 2 heterocycles. The fourth-order valence-electron chi connectivity index (χ4n) is 2.72. The van der Waals surface area contributed by atoms with Crippen molar-refractivity contribution in [3.8, 4) is 0 Å². The largest absolute Gasteiger partial charge is 0.346 e. The Morgan fingerprint density at radius 1 is 1.52 bits per heavy atom. The minimum Gasteiger partial charge on any atom is -0.346 e. The Bertz CT molecular complexity index is 633. The van der Waals surface area contributed by atoms with Gasteiger partial charge in [0.1, 0.15) is 5.82 Å². The number of rotatable bonds is 5. The third kappa shape index (κ3) is 2.84. The van der Waals surface area contributed by atoms with Crippen molar-refractivity contribution < 1.29 is 4.79 Å². The first-order valence-corrected chi connectivity index (χ1v) is 7.33. The smallest absolute Gasteiger partial charge is 0.225 e. The summed E-state index contributed by atoms with van der Waals surface area (Å²) < 4.78 is 1.98. The number of aryl methyl sites for hydroxylation is 3. The van der Waals surface area contributed by atoms with Gasteiger partial charge < -0.3 is 9.88 Å². The van der Waals surface area contributed by atoms with Gasteiger partial charge in [-0.05, 0) is 32.6 Å². The number of carbonyl (C=O) groups is 1. The Kier molecular flexibility index (Phi) is 3.53. The average molecular weight is 287 g/mol. The monoisotopic (exact) mass is 287 g/mol. The maximum absolute atomic E-state index is 12.4. The van der Waals surface area contributed by atoms with Crippen LogP contribution in [-0.2, 0) is 18.3 Å². The summed E-state index contributed by atoms with van der Waals surface area (Å²) in [7, 11) is 1.97. The molecule has 6 nitrogen and oxygen atoms in total. The minimum absolute atomic E-state index is 0.0185. The van der Waals surface area contributed by atoms with Crippen molar-refractivity contribution in [3.05, 3.63) is 35.2 Å². The molecule has 0 bridgehead atoms. The van der Waals surface area contributed by atoms with E-state index in [0.717, 1.165) is 35.6 Å². The molecule has 2 aromatic rings. The molecule has 2 aromatic heterocycles. The van der Waals surface area contributed by atoms with Crippen molar-refractivity contribution in [2.45, 2.75) is 39.2 Å². The predicted molar refractivity (Wildman–Crippen MR) is 78.6 cm³/mol. The van der Waals surface area contributed by atoms with Crippen LogP contribution in [0.3, 0.4) is 0 Å². The van der Waals surface area contributed by atoms with Crippen LogP contribution in [0.4, 0.5) is 0 Å². The topological polar surface area (TPSA) is 75.6 Å². The number of nitrogens with zero attached hydrogens (tertiary/aromatic N) is 3. The molecule has 3 rings (SSSR count). The lowest BCUT2D eigenvalue weighted by molar-refractivity contribution is -0.121. The van der Waals surface area contributed by atoms with Gasteiger partial charge in [0.15, 0.2) is 0 Å². The summed E-state index contributed by atoms with van der Waals surface area (Å²) in [6, 6.07) is 0.0185. The number of aromatic nitrogens is 4. The van der Waals surface area contributed by atoms with Crippen LogP contribution < -0.4 is 5.32 Å². The third-order valence-corrected chi connectivity index (χ3v) is 4.16. The second kappa shape index (κ2) is 5.35. The van der Waals surface area contributed by atoms with Gasteiger partial charge in [0.05, 0.1) is 18.2 Å². The van der Waals surface area contributed by atoms with Crippen LogP contribution in [0.25, 0.3) is 0 Å². The molecule has 21 heavy (non-hydrogen) atoms. The van der Waals surface area contributed by atoms with Crippen LogP contribution in [0, 0.1) is 19.8 Å². The van der Waals surface area contributed by atoms with Gasteiger partial charge in [-0.3, -0.25) is 9.89 Å². The fraction of sp³-hybridized carbons (Fsp3) is 0.533. The van der Waals surface area contributed by atoms with Crippen molar-refractivity contribution in [1.29, 1.82) is 0 Å². The predicted octanol–water partition coefficient (Wildman–Crippen LogP) is 1.57. The van der Waals surface area contributed by atoms with Crippen LogP contribution in [0.2, 0.25) is 0 Å². The van der Waals surface area contributed by atoms with E-state index >= 15 is 0 Å². The highest BCUT2D eigenvalue weighted by Crippen LogP contribution is 2.40. The van der Waals surface area contributed by atoms with Crippen LogP contribution in [0.5, 0.6) is 0 Å². The van der Waals surface area contributed by atoms with E-state index in [0.29, 0.717) is 12.3 Å². The molecule has 1 unspecified atom stereocenters. The molecule has 1 atom stereocenters. The van der Waals surface area contributed by atoms with Gasteiger partial charge in [0.2, 0.25) is 5.91 Å². The Labute approximate surface area is 124 Å². The van der Waals surface area contributed by atoms with E-state index in [-0.39, 0.29) is 11.9 Å². The van der Waals surface area contributed by atoms with Crippen LogP contribution in [-0.4, -0.2) is 25.7 Å². The molecule has 2 N–H and O–H groups in total. The second-order valence-corrected chi connectivity index (χ2v) is 5.87. The summed E-state index contributed by atoms with van der Waals surface area (Å²) in [6.07, 6.45) is 6.37. The first kappa shape index (κ1) is 13.9. The molecular formula is C15H21N5O. The van der Waals surface area contributed by atoms with Crippen molar-refractivity contribution in [2.24, 2.45) is 13.0 Å². The lowest BCUT2D eigenvalue weighted by atomic mass is 10.1. The first-order chi connectivity index (χ1) is 10.1. The molecule has 0 spiro atoms. The Morgan fingerprint density at radius 2 is 2.29 bits per heavy atom. The molecule has 0 aliphatic heterocycles. The minimum atomic E-state index is 0.0185. The highest BCUT2D eigenvalue weighted by Gasteiger charge is 2.35. The Balaban J connectivity index is 1.72. The maximum atomic E-state index is 12.4. The highest BCUT2D eigenvalue weighted by atomic mass is 16.1. The first-order valence-electron chi connectivity index (χ1n) is 7.33. The normalized spacial score (nSPS) is 16.0. The third-order valence-electron chi connectivity index (χ3n) is 4.16. The highest BCUT2D eigenvalue weighted by molar-refractivity contribution is 5.79. The van der Waals surface area contributed by atoms with Gasteiger partial charge >= 0.3 is 0 Å². The molecule has 6 heteroatoms. The van der Waals surface area contributed by atoms with E-state index in [2.05, 4.69) is 20.5 Å². The fourth-order valence-corrected chi connectivity index (χ4v) is 2.72. The number of carbonyl (C=O) groups excluding carboxylic acids is 1. The molecule has 1 amide bonds. The van der Waals surface area contributed by atoms with Crippen LogP contribution in [0.15, 0.2) is 12.4 Å². The van der Waals surface area contributed by atoms with Crippen LogP contribution in [0.1, 0.15) is 41.7 Å². The number of imidazole rings is 1. The average Bonchev–Trinajstić information content (AvgIpc) is 3.14. The summed E-state index contributed by atoms with van der Waals surface area (Å²) in [5.74, 6) is 1.48.